The highest BCUT2D eigenvalue weighted by atomic mass is 19.3. The SMILES string of the molecule is CC(NC(=O)C12CC(C(=O)O)(CO1)C2)c1ccccc1OC(F)F. The van der Waals surface area contributed by atoms with Crippen LogP contribution in [-0.4, -0.2) is 35.8 Å². The third kappa shape index (κ3) is 2.60. The Hall–Kier alpha value is -2.22. The van der Waals surface area contributed by atoms with E-state index in [1.54, 1.807) is 25.1 Å². The number of carbonyl (C=O) groups excluding carboxylic acids is 1. The molecule has 3 aliphatic rings. The zero-order valence-electron chi connectivity index (χ0n) is 12.9. The fraction of sp³-hybridized carbons (Fsp3) is 0.500. The van der Waals surface area contributed by atoms with Crippen LogP contribution in [0.3, 0.4) is 0 Å². The molecule has 130 valence electrons. The van der Waals surface area contributed by atoms with Gasteiger partial charge in [0.15, 0.2) is 0 Å². The molecule has 2 N–H and O–H groups in total. The molecule has 1 saturated carbocycles. The predicted octanol–water partition coefficient (Wildman–Crippen LogP) is 2.10. The second-order valence-corrected chi connectivity index (χ2v) is 6.33. The normalized spacial score (nSPS) is 29.0. The van der Waals surface area contributed by atoms with E-state index in [2.05, 4.69) is 10.1 Å². The number of carbonyl (C=O) groups is 2. The average molecular weight is 341 g/mol. The molecule has 1 amide bonds. The molecular formula is C16H17F2NO5. The van der Waals surface area contributed by atoms with Gasteiger partial charge in [0, 0.05) is 18.4 Å². The minimum atomic E-state index is -2.96. The van der Waals surface area contributed by atoms with Gasteiger partial charge in [-0.05, 0) is 13.0 Å². The van der Waals surface area contributed by atoms with Crippen LogP contribution in [0.4, 0.5) is 8.78 Å². The number of ether oxygens (including phenoxy) is 2. The average Bonchev–Trinajstić information content (AvgIpc) is 3.04. The molecule has 1 aliphatic carbocycles. The van der Waals surface area contributed by atoms with E-state index in [-0.39, 0.29) is 25.2 Å². The Morgan fingerprint density at radius 2 is 2.00 bits per heavy atom. The molecule has 2 heterocycles. The lowest BCUT2D eigenvalue weighted by molar-refractivity contribution is -0.158. The summed E-state index contributed by atoms with van der Waals surface area (Å²) in [4.78, 5) is 23.7. The number of carboxylic acids is 1. The maximum atomic E-state index is 12.5. The Balaban J connectivity index is 1.69. The van der Waals surface area contributed by atoms with E-state index in [1.807, 2.05) is 0 Å². The minimum absolute atomic E-state index is 0.00914. The topological polar surface area (TPSA) is 84.9 Å². The molecule has 1 aromatic carbocycles. The molecule has 8 heteroatoms. The highest BCUT2D eigenvalue weighted by Gasteiger charge is 2.70. The lowest BCUT2D eigenvalue weighted by Crippen LogP contribution is -2.57. The van der Waals surface area contributed by atoms with Gasteiger partial charge in [-0.25, -0.2) is 0 Å². The summed E-state index contributed by atoms with van der Waals surface area (Å²) in [6.45, 7) is -1.32. The number of benzene rings is 1. The molecule has 0 spiro atoms. The van der Waals surface area contributed by atoms with Gasteiger partial charge in [-0.15, -0.1) is 0 Å². The van der Waals surface area contributed by atoms with Gasteiger partial charge in [-0.3, -0.25) is 9.59 Å². The van der Waals surface area contributed by atoms with Gasteiger partial charge in [-0.2, -0.15) is 8.78 Å². The number of halogens is 2. The molecule has 0 aromatic heterocycles. The molecule has 4 rings (SSSR count). The van der Waals surface area contributed by atoms with Crippen molar-refractivity contribution in [3.63, 3.8) is 0 Å². The number of carboxylic acid groups (broad SMARTS) is 1. The van der Waals surface area contributed by atoms with Crippen molar-refractivity contribution in [1.82, 2.24) is 5.32 Å². The van der Waals surface area contributed by atoms with Crippen LogP contribution in [0.5, 0.6) is 5.75 Å². The Bertz CT molecular complexity index is 672. The number of hydrogen-bond donors (Lipinski definition) is 2. The summed E-state index contributed by atoms with van der Waals surface area (Å²) in [7, 11) is 0. The predicted molar refractivity (Wildman–Crippen MR) is 77.6 cm³/mol. The van der Waals surface area contributed by atoms with Gasteiger partial charge in [0.05, 0.1) is 18.1 Å². The van der Waals surface area contributed by atoms with Crippen LogP contribution >= 0.6 is 0 Å². The van der Waals surface area contributed by atoms with Crippen LogP contribution < -0.4 is 10.1 Å². The van der Waals surface area contributed by atoms with Gasteiger partial charge < -0.3 is 19.9 Å². The molecule has 2 saturated heterocycles. The van der Waals surface area contributed by atoms with Crippen molar-refractivity contribution >= 4 is 11.9 Å². The maximum Gasteiger partial charge on any atom is 0.387 e. The van der Waals surface area contributed by atoms with E-state index < -0.39 is 35.5 Å². The standard InChI is InChI=1S/C16H17F2NO5/c1-9(10-4-2-3-5-11(10)24-14(17)18)19-12(20)16-6-15(7-16,8-23-16)13(21)22/h2-5,9,14H,6-8H2,1H3,(H,19,20)(H,21,22). The van der Waals surface area contributed by atoms with E-state index in [4.69, 9.17) is 4.74 Å². The Kier molecular flexibility index (Phi) is 3.95. The lowest BCUT2D eigenvalue weighted by atomic mass is 9.62. The highest BCUT2D eigenvalue weighted by molar-refractivity contribution is 5.92. The molecule has 1 aromatic rings. The van der Waals surface area contributed by atoms with Crippen molar-refractivity contribution in [3.05, 3.63) is 29.8 Å². The number of amides is 1. The first kappa shape index (κ1) is 16.6. The molecule has 3 fully saturated rings. The quantitative estimate of drug-likeness (QED) is 0.828. The van der Waals surface area contributed by atoms with E-state index in [9.17, 15) is 23.5 Å². The van der Waals surface area contributed by atoms with E-state index >= 15 is 0 Å². The first-order chi connectivity index (χ1) is 11.3. The van der Waals surface area contributed by atoms with E-state index in [0.29, 0.717) is 5.56 Å². The largest absolute Gasteiger partial charge is 0.481 e. The summed E-state index contributed by atoms with van der Waals surface area (Å²) >= 11 is 0. The molecule has 1 unspecified atom stereocenters. The fourth-order valence-electron chi connectivity index (χ4n) is 3.41. The molecule has 2 aliphatic heterocycles. The van der Waals surface area contributed by atoms with Crippen molar-refractivity contribution in [2.45, 2.75) is 38.0 Å². The summed E-state index contributed by atoms with van der Waals surface area (Å²) in [6.07, 6.45) is 0.256. The second-order valence-electron chi connectivity index (χ2n) is 6.33. The maximum absolute atomic E-state index is 12.5. The molecule has 6 nitrogen and oxygen atoms in total. The van der Waals surface area contributed by atoms with Crippen molar-refractivity contribution in [2.24, 2.45) is 5.41 Å². The van der Waals surface area contributed by atoms with Gasteiger partial charge in [0.1, 0.15) is 11.4 Å². The summed E-state index contributed by atoms with van der Waals surface area (Å²) in [5, 5.41) is 11.9. The summed E-state index contributed by atoms with van der Waals surface area (Å²) in [5.41, 5.74) is -1.70. The smallest absolute Gasteiger partial charge is 0.387 e. The number of hydrogen-bond acceptors (Lipinski definition) is 4. The van der Waals surface area contributed by atoms with E-state index in [1.165, 1.54) is 6.07 Å². The number of para-hydroxylation sites is 1. The number of nitrogens with one attached hydrogen (secondary N) is 1. The number of rotatable bonds is 6. The summed E-state index contributed by atoms with van der Waals surface area (Å²) in [5.74, 6) is -1.41. The molecule has 24 heavy (non-hydrogen) atoms. The molecule has 2 bridgehead atoms. The molecule has 1 atom stereocenters. The van der Waals surface area contributed by atoms with Crippen molar-refractivity contribution in [1.29, 1.82) is 0 Å². The summed E-state index contributed by atoms with van der Waals surface area (Å²) < 4.78 is 34.8. The lowest BCUT2D eigenvalue weighted by Gasteiger charge is -2.40. The minimum Gasteiger partial charge on any atom is -0.481 e. The number of aliphatic carboxylic acids is 1. The first-order valence-electron chi connectivity index (χ1n) is 7.50. The number of fused-ring (bicyclic) bond motifs is 1. The van der Waals surface area contributed by atoms with Gasteiger partial charge >= 0.3 is 12.6 Å². The first-order valence-corrected chi connectivity index (χ1v) is 7.50. The van der Waals surface area contributed by atoms with Crippen molar-refractivity contribution < 1.29 is 33.0 Å². The zero-order valence-corrected chi connectivity index (χ0v) is 12.9. The van der Waals surface area contributed by atoms with Crippen LogP contribution in [0.15, 0.2) is 24.3 Å². The van der Waals surface area contributed by atoms with E-state index in [0.717, 1.165) is 0 Å². The van der Waals surface area contributed by atoms with Crippen LogP contribution in [0.25, 0.3) is 0 Å². The van der Waals surface area contributed by atoms with Crippen molar-refractivity contribution in [3.8, 4) is 5.75 Å². The monoisotopic (exact) mass is 341 g/mol. The van der Waals surface area contributed by atoms with Gasteiger partial charge in [0.25, 0.3) is 5.91 Å². The molecule has 0 radical (unpaired) electrons. The Morgan fingerprint density at radius 3 is 2.58 bits per heavy atom. The zero-order chi connectivity index (χ0) is 17.5. The molecular weight excluding hydrogens is 324 g/mol. The van der Waals surface area contributed by atoms with Gasteiger partial charge in [0.2, 0.25) is 0 Å². The van der Waals surface area contributed by atoms with Crippen LogP contribution in [0, 0.1) is 5.41 Å². The van der Waals surface area contributed by atoms with Gasteiger partial charge in [-0.1, -0.05) is 18.2 Å². The Labute approximate surface area is 136 Å². The van der Waals surface area contributed by atoms with Crippen LogP contribution in [0.1, 0.15) is 31.4 Å². The van der Waals surface area contributed by atoms with Crippen LogP contribution in [0.2, 0.25) is 0 Å². The third-order valence-corrected chi connectivity index (χ3v) is 4.69. The number of alkyl halides is 2. The highest BCUT2D eigenvalue weighted by Crippen LogP contribution is 2.58. The fourth-order valence-corrected chi connectivity index (χ4v) is 3.41. The van der Waals surface area contributed by atoms with Crippen LogP contribution in [-0.2, 0) is 14.3 Å². The van der Waals surface area contributed by atoms with Crippen molar-refractivity contribution in [2.75, 3.05) is 6.61 Å². The second kappa shape index (κ2) is 5.70. The third-order valence-electron chi connectivity index (χ3n) is 4.69. The Morgan fingerprint density at radius 1 is 1.33 bits per heavy atom. The summed E-state index contributed by atoms with van der Waals surface area (Å²) in [6, 6.07) is 5.60.